The summed E-state index contributed by atoms with van der Waals surface area (Å²) >= 11 is 11.1. The van der Waals surface area contributed by atoms with Crippen molar-refractivity contribution in [2.75, 3.05) is 7.05 Å². The van der Waals surface area contributed by atoms with Crippen LogP contribution in [-0.4, -0.2) is 22.8 Å². The first-order valence-corrected chi connectivity index (χ1v) is 7.44. The Balaban J connectivity index is 2.10. The normalized spacial score (nSPS) is 24.9. The molecule has 1 saturated carbocycles. The van der Waals surface area contributed by atoms with Crippen molar-refractivity contribution < 1.29 is 4.79 Å². The van der Waals surface area contributed by atoms with Gasteiger partial charge in [0.2, 0.25) is 5.91 Å². The highest BCUT2D eigenvalue weighted by molar-refractivity contribution is 7.80. The molecule has 0 bridgehead atoms. The Bertz CT molecular complexity index is 540. The number of rotatable bonds is 4. The van der Waals surface area contributed by atoms with Gasteiger partial charge in [-0.1, -0.05) is 42.9 Å². The molecule has 3 nitrogen and oxygen atoms in total. The molecule has 1 aliphatic carbocycles. The summed E-state index contributed by atoms with van der Waals surface area (Å²) in [4.78, 5) is 14.7. The highest BCUT2D eigenvalue weighted by Crippen LogP contribution is 2.47. The number of amides is 1. The van der Waals surface area contributed by atoms with Crippen LogP contribution in [0.15, 0.2) is 24.3 Å². The van der Waals surface area contributed by atoms with E-state index in [0.717, 1.165) is 18.4 Å². The van der Waals surface area contributed by atoms with Crippen molar-refractivity contribution in [1.82, 2.24) is 4.90 Å². The summed E-state index contributed by atoms with van der Waals surface area (Å²) in [5.74, 6) is 0.517. The van der Waals surface area contributed by atoms with Crippen molar-refractivity contribution in [2.45, 2.75) is 26.3 Å². The Kier molecular flexibility index (Phi) is 4.35. The largest absolute Gasteiger partial charge is 0.392 e. The lowest BCUT2D eigenvalue weighted by Crippen LogP contribution is -2.56. The maximum atomic E-state index is 12.6. The van der Waals surface area contributed by atoms with Gasteiger partial charge in [-0.05, 0) is 36.5 Å². The minimum Gasteiger partial charge on any atom is -0.392 e. The number of hydrogen-bond acceptors (Lipinski definition) is 2. The first-order chi connectivity index (χ1) is 9.35. The van der Waals surface area contributed by atoms with Gasteiger partial charge in [-0.2, -0.15) is 0 Å². The van der Waals surface area contributed by atoms with Crippen LogP contribution in [-0.2, 0) is 11.3 Å². The molecule has 0 radical (unpaired) electrons. The highest BCUT2D eigenvalue weighted by Gasteiger charge is 2.51. The summed E-state index contributed by atoms with van der Waals surface area (Å²) in [6.45, 7) is 2.62. The Morgan fingerprint density at radius 1 is 1.55 bits per heavy atom. The number of thiocarbonyl (C=S) groups is 1. The van der Waals surface area contributed by atoms with Crippen molar-refractivity contribution in [3.05, 3.63) is 34.9 Å². The van der Waals surface area contributed by atoms with Crippen LogP contribution in [0.4, 0.5) is 0 Å². The molecule has 1 amide bonds. The predicted molar refractivity (Wildman–Crippen MR) is 85.5 cm³/mol. The highest BCUT2D eigenvalue weighted by atomic mass is 35.5. The number of benzene rings is 1. The van der Waals surface area contributed by atoms with Crippen LogP contribution >= 0.6 is 23.8 Å². The molecule has 0 aromatic heterocycles. The predicted octanol–water partition coefficient (Wildman–Crippen LogP) is 3.00. The third kappa shape index (κ3) is 2.81. The van der Waals surface area contributed by atoms with Gasteiger partial charge in [0.05, 0.1) is 10.4 Å². The summed E-state index contributed by atoms with van der Waals surface area (Å²) in [5.41, 5.74) is 6.18. The van der Waals surface area contributed by atoms with E-state index in [1.54, 1.807) is 11.9 Å². The van der Waals surface area contributed by atoms with E-state index in [1.165, 1.54) is 0 Å². The van der Waals surface area contributed by atoms with Crippen molar-refractivity contribution in [3.8, 4) is 0 Å². The Morgan fingerprint density at radius 3 is 2.70 bits per heavy atom. The number of nitrogens with zero attached hydrogens (tertiary/aromatic N) is 1. The van der Waals surface area contributed by atoms with Crippen molar-refractivity contribution >= 4 is 34.7 Å². The van der Waals surface area contributed by atoms with E-state index < -0.39 is 5.41 Å². The van der Waals surface area contributed by atoms with Crippen LogP contribution in [0, 0.1) is 11.3 Å². The van der Waals surface area contributed by atoms with Crippen LogP contribution in [0.5, 0.6) is 0 Å². The van der Waals surface area contributed by atoms with E-state index in [-0.39, 0.29) is 5.91 Å². The van der Waals surface area contributed by atoms with Gasteiger partial charge < -0.3 is 10.6 Å². The van der Waals surface area contributed by atoms with Gasteiger partial charge in [-0.25, -0.2) is 0 Å². The molecule has 0 aliphatic heterocycles. The molecule has 2 N–H and O–H groups in total. The second-order valence-corrected chi connectivity index (χ2v) is 6.63. The monoisotopic (exact) mass is 310 g/mol. The Morgan fingerprint density at radius 2 is 2.20 bits per heavy atom. The van der Waals surface area contributed by atoms with Crippen LogP contribution < -0.4 is 5.73 Å². The lowest BCUT2D eigenvalue weighted by Gasteiger charge is -2.46. The average molecular weight is 311 g/mol. The lowest BCUT2D eigenvalue weighted by atomic mass is 9.61. The van der Waals surface area contributed by atoms with Crippen LogP contribution in [0.1, 0.15) is 25.3 Å². The van der Waals surface area contributed by atoms with Crippen molar-refractivity contribution in [1.29, 1.82) is 0 Å². The fourth-order valence-corrected chi connectivity index (χ4v) is 3.42. The third-order valence-corrected chi connectivity index (χ3v) is 4.56. The molecule has 5 heteroatoms. The van der Waals surface area contributed by atoms with E-state index in [1.807, 2.05) is 24.3 Å². The quantitative estimate of drug-likeness (QED) is 0.870. The number of carbonyl (C=O) groups is 1. The van der Waals surface area contributed by atoms with Gasteiger partial charge in [0.1, 0.15) is 0 Å². The molecule has 2 rings (SSSR count). The zero-order chi connectivity index (χ0) is 14.9. The summed E-state index contributed by atoms with van der Waals surface area (Å²) in [6.07, 6.45) is 1.50. The second kappa shape index (κ2) is 5.70. The van der Waals surface area contributed by atoms with Crippen LogP contribution in [0.2, 0.25) is 5.02 Å². The van der Waals surface area contributed by atoms with E-state index >= 15 is 0 Å². The maximum Gasteiger partial charge on any atom is 0.235 e. The molecule has 1 fully saturated rings. The molecule has 1 aliphatic rings. The molecular weight excluding hydrogens is 292 g/mol. The second-order valence-electron chi connectivity index (χ2n) is 5.75. The number of hydrogen-bond donors (Lipinski definition) is 1. The van der Waals surface area contributed by atoms with E-state index in [0.29, 0.717) is 22.5 Å². The average Bonchev–Trinajstić information content (AvgIpc) is 2.33. The van der Waals surface area contributed by atoms with Gasteiger partial charge in [0.15, 0.2) is 0 Å². The molecule has 1 aromatic carbocycles. The topological polar surface area (TPSA) is 46.3 Å². The molecule has 108 valence electrons. The van der Waals surface area contributed by atoms with E-state index in [4.69, 9.17) is 29.6 Å². The molecular formula is C15H19ClN2OS. The molecule has 20 heavy (non-hydrogen) atoms. The van der Waals surface area contributed by atoms with Gasteiger partial charge in [-0.3, -0.25) is 4.79 Å². The SMILES string of the molecule is CC1CC(C(=O)N(C)Cc2cccc(Cl)c2)(C(N)=S)C1. The number of carbonyl (C=O) groups excluding carboxylic acids is 1. The van der Waals surface area contributed by atoms with Gasteiger partial charge in [0, 0.05) is 18.6 Å². The smallest absolute Gasteiger partial charge is 0.235 e. The molecule has 0 saturated heterocycles. The summed E-state index contributed by atoms with van der Waals surface area (Å²) in [5, 5.41) is 0.671. The first-order valence-electron chi connectivity index (χ1n) is 6.65. The minimum absolute atomic E-state index is 0.0167. The van der Waals surface area contributed by atoms with Crippen LogP contribution in [0.3, 0.4) is 0 Å². The summed E-state index contributed by atoms with van der Waals surface area (Å²) < 4.78 is 0. The zero-order valence-electron chi connectivity index (χ0n) is 11.7. The fraction of sp³-hybridized carbons (Fsp3) is 0.467. The van der Waals surface area contributed by atoms with Gasteiger partial charge in [0.25, 0.3) is 0 Å². The fourth-order valence-electron chi connectivity index (χ4n) is 2.96. The Hall–Kier alpha value is -1.13. The molecule has 1 aromatic rings. The molecule has 0 atom stereocenters. The standard InChI is InChI=1S/C15H19ClN2OS/c1-10-7-15(8-10,13(17)20)14(19)18(2)9-11-4-3-5-12(16)6-11/h3-6,10H,7-9H2,1-2H3,(H2,17,20). The van der Waals surface area contributed by atoms with Gasteiger partial charge in [-0.15, -0.1) is 0 Å². The molecule has 0 unspecified atom stereocenters. The van der Waals surface area contributed by atoms with Gasteiger partial charge >= 0.3 is 0 Å². The molecule has 0 spiro atoms. The minimum atomic E-state index is -0.637. The number of halogens is 1. The van der Waals surface area contributed by atoms with E-state index in [9.17, 15) is 4.79 Å². The first kappa shape index (κ1) is 15.3. The maximum absolute atomic E-state index is 12.6. The lowest BCUT2D eigenvalue weighted by molar-refractivity contribution is -0.143. The summed E-state index contributed by atoms with van der Waals surface area (Å²) in [6, 6.07) is 7.51. The van der Waals surface area contributed by atoms with E-state index in [2.05, 4.69) is 6.92 Å². The summed E-state index contributed by atoms with van der Waals surface area (Å²) in [7, 11) is 1.78. The van der Waals surface area contributed by atoms with Crippen molar-refractivity contribution in [3.63, 3.8) is 0 Å². The zero-order valence-corrected chi connectivity index (χ0v) is 13.3. The number of nitrogens with two attached hydrogens (primary N) is 1. The molecule has 0 heterocycles. The Labute approximate surface area is 130 Å². The van der Waals surface area contributed by atoms with Crippen LogP contribution in [0.25, 0.3) is 0 Å². The third-order valence-electron chi connectivity index (χ3n) is 3.93. The van der Waals surface area contributed by atoms with Crippen molar-refractivity contribution in [2.24, 2.45) is 17.1 Å².